The third-order valence-electron chi connectivity index (χ3n) is 4.27. The molecule has 0 aliphatic rings. The van der Waals surface area contributed by atoms with Crippen molar-refractivity contribution in [2.45, 2.75) is 59.8 Å². The third-order valence-corrected chi connectivity index (χ3v) is 7.71. The van der Waals surface area contributed by atoms with Crippen molar-refractivity contribution in [2.24, 2.45) is 0 Å². The summed E-state index contributed by atoms with van der Waals surface area (Å²) in [6.45, 7) is 20.9. The highest BCUT2D eigenvalue weighted by atomic mass is 28.4. The van der Waals surface area contributed by atoms with Crippen LogP contribution in [0.3, 0.4) is 0 Å². The Morgan fingerprint density at radius 2 is 1.49 bits per heavy atom. The number of carbonyl (C=O) groups is 1. The van der Waals surface area contributed by atoms with Crippen LogP contribution in [0.15, 0.2) is 54.6 Å². The maximum atomic E-state index is 11.0. The zero-order chi connectivity index (χ0) is 26.7. The molecule has 0 fully saturated rings. The smallest absolute Gasteiger partial charge is 0.491 e. The number of aliphatic hydroxyl groups excluding tert-OH is 1. The van der Waals surface area contributed by atoms with Gasteiger partial charge in [0.1, 0.15) is 30.8 Å². The van der Waals surface area contributed by atoms with Gasteiger partial charge in [-0.1, -0.05) is 43.9 Å². The number of aliphatic hydroxyl groups is 1. The van der Waals surface area contributed by atoms with Crippen LogP contribution in [0.4, 0.5) is 0 Å². The van der Waals surface area contributed by atoms with Crippen molar-refractivity contribution in [3.05, 3.63) is 54.6 Å². The molecule has 2 unspecified atom stereocenters. The average molecular weight is 513 g/mol. The fourth-order valence-corrected chi connectivity index (χ4v) is 5.57. The van der Waals surface area contributed by atoms with Crippen molar-refractivity contribution in [1.82, 2.24) is 0 Å². The first-order valence-corrected chi connectivity index (χ1v) is 13.8. The summed E-state index contributed by atoms with van der Waals surface area (Å²) in [6, 6.07) is 9.11. The number of hydrogen-bond donors (Lipinski definition) is 1. The number of benzene rings is 1. The molecule has 2 atom stereocenters. The minimum Gasteiger partial charge on any atom is -0.491 e. The van der Waals surface area contributed by atoms with Crippen molar-refractivity contribution in [1.29, 1.82) is 0 Å². The SMILES string of the molecule is C=C(C)C(=O)OCC(O)COc1ccccc1.C=C(C)COC(CC)[Si](OCC)(OCC)OCC. The van der Waals surface area contributed by atoms with Crippen molar-refractivity contribution >= 4 is 14.8 Å². The highest BCUT2D eigenvalue weighted by molar-refractivity contribution is 6.62. The van der Waals surface area contributed by atoms with Crippen LogP contribution in [-0.2, 0) is 27.5 Å². The van der Waals surface area contributed by atoms with Crippen LogP contribution in [0.2, 0.25) is 0 Å². The summed E-state index contributed by atoms with van der Waals surface area (Å²) in [7, 11) is -2.76. The highest BCUT2D eigenvalue weighted by Crippen LogP contribution is 2.21. The minimum atomic E-state index is -2.76. The van der Waals surface area contributed by atoms with E-state index in [0.29, 0.717) is 37.8 Å². The second kappa shape index (κ2) is 19.2. The topological polar surface area (TPSA) is 92.7 Å². The first-order valence-electron chi connectivity index (χ1n) is 12.0. The Kier molecular flexibility index (Phi) is 18.1. The van der Waals surface area contributed by atoms with Gasteiger partial charge in [0.05, 0.1) is 6.61 Å². The molecule has 35 heavy (non-hydrogen) atoms. The average Bonchev–Trinajstić information content (AvgIpc) is 2.83. The first kappa shape index (κ1) is 33.0. The molecular formula is C26H44O8Si. The van der Waals surface area contributed by atoms with Gasteiger partial charge < -0.3 is 32.6 Å². The fraction of sp³-hybridized carbons (Fsp3) is 0.577. The second-order valence-electron chi connectivity index (χ2n) is 7.72. The molecule has 0 saturated heterocycles. The van der Waals surface area contributed by atoms with Crippen LogP contribution in [-0.4, -0.2) is 71.4 Å². The van der Waals surface area contributed by atoms with Gasteiger partial charge in [-0.05, 0) is 53.2 Å². The molecule has 9 heteroatoms. The van der Waals surface area contributed by atoms with E-state index in [-0.39, 0.29) is 18.9 Å². The van der Waals surface area contributed by atoms with Crippen LogP contribution in [0, 0.1) is 0 Å². The lowest BCUT2D eigenvalue weighted by Gasteiger charge is -2.34. The fourth-order valence-electron chi connectivity index (χ4n) is 2.77. The van der Waals surface area contributed by atoms with E-state index in [0.717, 1.165) is 12.0 Å². The summed E-state index contributed by atoms with van der Waals surface area (Å²) in [6.07, 6.45) is -0.0435. The van der Waals surface area contributed by atoms with E-state index < -0.39 is 20.9 Å². The lowest BCUT2D eigenvalue weighted by Crippen LogP contribution is -2.57. The summed E-state index contributed by atoms with van der Waals surface area (Å²) in [5.74, 6) is 0.154. The molecule has 8 nitrogen and oxygen atoms in total. The maximum Gasteiger partial charge on any atom is 0.531 e. The molecular weight excluding hydrogens is 468 g/mol. The number of ether oxygens (including phenoxy) is 3. The predicted molar refractivity (Wildman–Crippen MR) is 139 cm³/mol. The highest BCUT2D eigenvalue weighted by Gasteiger charge is 2.49. The largest absolute Gasteiger partial charge is 0.531 e. The van der Waals surface area contributed by atoms with Crippen LogP contribution in [0.5, 0.6) is 5.75 Å². The molecule has 1 N–H and O–H groups in total. The monoisotopic (exact) mass is 512 g/mol. The van der Waals surface area contributed by atoms with Gasteiger partial charge in [0.25, 0.3) is 0 Å². The zero-order valence-corrected chi connectivity index (χ0v) is 23.2. The van der Waals surface area contributed by atoms with Gasteiger partial charge in [0.2, 0.25) is 0 Å². The van der Waals surface area contributed by atoms with Crippen LogP contribution in [0.25, 0.3) is 0 Å². The number of esters is 1. The van der Waals surface area contributed by atoms with Gasteiger partial charge >= 0.3 is 14.8 Å². The van der Waals surface area contributed by atoms with Gasteiger partial charge in [0, 0.05) is 25.4 Å². The molecule has 0 saturated carbocycles. The summed E-state index contributed by atoms with van der Waals surface area (Å²) in [5.41, 5.74) is 1.16. The van der Waals surface area contributed by atoms with Crippen LogP contribution < -0.4 is 4.74 Å². The normalized spacial score (nSPS) is 12.7. The third kappa shape index (κ3) is 14.2. The summed E-state index contributed by atoms with van der Waals surface area (Å²) >= 11 is 0. The van der Waals surface area contributed by atoms with E-state index in [9.17, 15) is 9.90 Å². The van der Waals surface area contributed by atoms with Crippen molar-refractivity contribution < 1.29 is 37.4 Å². The number of rotatable bonds is 17. The van der Waals surface area contributed by atoms with E-state index >= 15 is 0 Å². The summed E-state index contributed by atoms with van der Waals surface area (Å²) in [4.78, 5) is 11.0. The Bertz CT molecular complexity index is 708. The Morgan fingerprint density at radius 1 is 0.943 bits per heavy atom. The Hall–Kier alpha value is -2.01. The van der Waals surface area contributed by atoms with Gasteiger partial charge in [-0.15, -0.1) is 0 Å². The molecule has 0 aliphatic carbocycles. The molecule has 1 rings (SSSR count). The standard InChI is InChI=1S/C13H28O4Si.C13H16O4/c1-7-13(14-11-12(5)6)18(15-8-2,16-9-3)17-10-4;1-10(2)13(15)17-9-11(14)8-16-12-6-4-3-5-7-12/h13H,5,7-11H2,1-4,6H3;3-7,11,14H,1,8-9H2,2H3. The maximum absolute atomic E-state index is 11.0. The molecule has 0 heterocycles. The Morgan fingerprint density at radius 3 is 1.91 bits per heavy atom. The number of carbonyl (C=O) groups excluding carboxylic acids is 1. The van der Waals surface area contributed by atoms with Crippen LogP contribution >= 0.6 is 0 Å². The second-order valence-corrected chi connectivity index (χ2v) is 10.4. The molecule has 1 aromatic carbocycles. The van der Waals surface area contributed by atoms with E-state index in [1.54, 1.807) is 19.1 Å². The quantitative estimate of drug-likeness (QED) is 0.141. The van der Waals surface area contributed by atoms with Gasteiger partial charge in [-0.2, -0.15) is 0 Å². The van der Waals surface area contributed by atoms with Crippen molar-refractivity contribution in [3.8, 4) is 5.75 Å². The molecule has 0 aliphatic heterocycles. The van der Waals surface area contributed by atoms with Crippen molar-refractivity contribution in [3.63, 3.8) is 0 Å². The molecule has 0 radical (unpaired) electrons. The van der Waals surface area contributed by atoms with Gasteiger partial charge in [-0.3, -0.25) is 0 Å². The molecule has 0 spiro atoms. The van der Waals surface area contributed by atoms with E-state index in [1.807, 2.05) is 45.9 Å². The molecule has 0 aromatic heterocycles. The molecule has 1 aromatic rings. The lowest BCUT2D eigenvalue weighted by molar-refractivity contribution is -0.142. The van der Waals surface area contributed by atoms with Gasteiger partial charge in [0.15, 0.2) is 0 Å². The van der Waals surface area contributed by atoms with E-state index in [1.165, 1.54) is 0 Å². The predicted octanol–water partition coefficient (Wildman–Crippen LogP) is 4.49. The Balaban J connectivity index is 0.000000661. The lowest BCUT2D eigenvalue weighted by atomic mass is 10.3. The summed E-state index contributed by atoms with van der Waals surface area (Å²) < 4.78 is 33.5. The van der Waals surface area contributed by atoms with Gasteiger partial charge in [-0.25, -0.2) is 4.79 Å². The Labute approximate surface area is 212 Å². The molecule has 200 valence electrons. The number of para-hydroxylation sites is 1. The zero-order valence-electron chi connectivity index (χ0n) is 22.2. The van der Waals surface area contributed by atoms with E-state index in [2.05, 4.69) is 20.1 Å². The number of hydrogen-bond acceptors (Lipinski definition) is 8. The molecule has 0 amide bonds. The first-order chi connectivity index (χ1) is 16.6. The van der Waals surface area contributed by atoms with Crippen LogP contribution in [0.1, 0.15) is 48.0 Å². The minimum absolute atomic E-state index is 0.0769. The summed E-state index contributed by atoms with van der Waals surface area (Å²) in [5, 5.41) is 9.51. The van der Waals surface area contributed by atoms with Crippen molar-refractivity contribution in [2.75, 3.05) is 39.6 Å². The van der Waals surface area contributed by atoms with E-state index in [4.69, 9.17) is 27.5 Å². The molecule has 0 bridgehead atoms.